The predicted octanol–water partition coefficient (Wildman–Crippen LogP) is 1.87. The van der Waals surface area contributed by atoms with Gasteiger partial charge in [-0.15, -0.1) is 0 Å². The van der Waals surface area contributed by atoms with Crippen LogP contribution >= 0.6 is 0 Å². The zero-order chi connectivity index (χ0) is 15.3. The minimum Gasteiger partial charge on any atom is -0.495 e. The lowest BCUT2D eigenvalue weighted by atomic mass is 9.89. The highest BCUT2D eigenvalue weighted by atomic mass is 16.5. The number of methoxy groups -OCH3 is 1. The highest BCUT2D eigenvalue weighted by Crippen LogP contribution is 2.26. The van der Waals surface area contributed by atoms with Crippen LogP contribution in [0.2, 0.25) is 0 Å². The number of anilines is 1. The molecule has 1 aromatic carbocycles. The van der Waals surface area contributed by atoms with Gasteiger partial charge in [0.1, 0.15) is 5.75 Å². The number of para-hydroxylation sites is 2. The smallest absolute Gasteiger partial charge is 0.225 e. The van der Waals surface area contributed by atoms with Gasteiger partial charge in [0.05, 0.1) is 18.4 Å². The molecule has 5 heteroatoms. The second kappa shape index (κ2) is 6.91. The summed E-state index contributed by atoms with van der Waals surface area (Å²) < 4.78 is 5.20. The number of hydrogen-bond donors (Lipinski definition) is 2. The van der Waals surface area contributed by atoms with Gasteiger partial charge in [0.15, 0.2) is 0 Å². The number of aliphatic hydroxyl groups is 1. The molecular formula is C16H24N2O3. The van der Waals surface area contributed by atoms with Gasteiger partial charge in [-0.25, -0.2) is 0 Å². The maximum absolute atomic E-state index is 12.0. The van der Waals surface area contributed by atoms with E-state index in [2.05, 4.69) is 17.1 Å². The number of carbonyl (C=O) groups excluding carboxylic acids is 1. The van der Waals surface area contributed by atoms with E-state index >= 15 is 0 Å². The van der Waals surface area contributed by atoms with E-state index in [0.29, 0.717) is 37.5 Å². The molecule has 1 fully saturated rings. The van der Waals surface area contributed by atoms with Gasteiger partial charge in [0.2, 0.25) is 5.91 Å². The molecule has 1 aliphatic heterocycles. The van der Waals surface area contributed by atoms with Crippen LogP contribution in [0, 0.1) is 0 Å². The van der Waals surface area contributed by atoms with Gasteiger partial charge in [0, 0.05) is 26.1 Å². The van der Waals surface area contributed by atoms with E-state index in [1.807, 2.05) is 24.3 Å². The largest absolute Gasteiger partial charge is 0.495 e. The maximum atomic E-state index is 12.0. The van der Waals surface area contributed by atoms with Crippen molar-refractivity contribution < 1.29 is 14.6 Å². The van der Waals surface area contributed by atoms with E-state index in [4.69, 9.17) is 4.74 Å². The number of likely N-dealkylation sites (tertiary alicyclic amines) is 1. The van der Waals surface area contributed by atoms with Crippen molar-refractivity contribution in [3.63, 3.8) is 0 Å². The summed E-state index contributed by atoms with van der Waals surface area (Å²) in [6.45, 7) is 4.08. The monoisotopic (exact) mass is 292 g/mol. The predicted molar refractivity (Wildman–Crippen MR) is 82.5 cm³/mol. The van der Waals surface area contributed by atoms with Crippen LogP contribution in [0.1, 0.15) is 26.2 Å². The van der Waals surface area contributed by atoms with Crippen LogP contribution < -0.4 is 10.1 Å². The lowest BCUT2D eigenvalue weighted by molar-refractivity contribution is -0.121. The van der Waals surface area contributed by atoms with Crippen LogP contribution in [-0.4, -0.2) is 48.3 Å². The molecule has 0 saturated carbocycles. The lowest BCUT2D eigenvalue weighted by Crippen LogP contribution is -2.61. The maximum Gasteiger partial charge on any atom is 0.225 e. The summed E-state index contributed by atoms with van der Waals surface area (Å²) in [6, 6.07) is 7.36. The van der Waals surface area contributed by atoms with Gasteiger partial charge in [0.25, 0.3) is 0 Å². The second-order valence-electron chi connectivity index (χ2n) is 5.68. The molecular weight excluding hydrogens is 268 g/mol. The third-order valence-corrected chi connectivity index (χ3v) is 3.79. The first-order valence-electron chi connectivity index (χ1n) is 7.44. The van der Waals surface area contributed by atoms with Gasteiger partial charge in [-0.05, 0) is 18.6 Å². The molecule has 116 valence electrons. The fourth-order valence-electron chi connectivity index (χ4n) is 2.79. The SMILES string of the molecule is CCCC1(O)CN(CCC(=O)Nc2ccccc2OC)C1. The Morgan fingerprint density at radius 1 is 1.43 bits per heavy atom. The number of nitrogens with one attached hydrogen (secondary N) is 1. The number of hydrogen-bond acceptors (Lipinski definition) is 4. The molecule has 1 saturated heterocycles. The van der Waals surface area contributed by atoms with Crippen LogP contribution in [0.3, 0.4) is 0 Å². The molecule has 0 atom stereocenters. The van der Waals surface area contributed by atoms with Crippen molar-refractivity contribution in [2.75, 3.05) is 32.1 Å². The van der Waals surface area contributed by atoms with E-state index < -0.39 is 5.60 Å². The Kier molecular flexibility index (Phi) is 5.20. The quantitative estimate of drug-likeness (QED) is 0.805. The molecule has 0 aromatic heterocycles. The lowest BCUT2D eigenvalue weighted by Gasteiger charge is -2.46. The molecule has 0 radical (unpaired) electrons. The minimum atomic E-state index is -0.534. The number of ether oxygens (including phenoxy) is 1. The Morgan fingerprint density at radius 2 is 2.14 bits per heavy atom. The molecule has 1 heterocycles. The van der Waals surface area contributed by atoms with Crippen LogP contribution in [0.25, 0.3) is 0 Å². The van der Waals surface area contributed by atoms with E-state index in [9.17, 15) is 9.90 Å². The number of β-amino-alcohol motifs (C(OH)–C–C–N with tert-alkyl or cyclic N) is 1. The first-order valence-corrected chi connectivity index (χ1v) is 7.44. The first kappa shape index (κ1) is 15.8. The van der Waals surface area contributed by atoms with E-state index in [1.165, 1.54) is 0 Å². The van der Waals surface area contributed by atoms with Crippen LogP contribution in [0.4, 0.5) is 5.69 Å². The molecule has 5 nitrogen and oxygen atoms in total. The number of carbonyl (C=O) groups is 1. The molecule has 2 rings (SSSR count). The standard InChI is InChI=1S/C16H24N2O3/c1-3-9-16(20)11-18(12-16)10-8-15(19)17-13-6-4-5-7-14(13)21-2/h4-7,20H,3,8-12H2,1-2H3,(H,17,19). The molecule has 0 unspecified atom stereocenters. The molecule has 0 aliphatic carbocycles. The molecule has 1 aliphatic rings. The normalized spacial score (nSPS) is 17.1. The van der Waals surface area contributed by atoms with Crippen molar-refractivity contribution in [2.24, 2.45) is 0 Å². The average molecular weight is 292 g/mol. The average Bonchev–Trinajstić information content (AvgIpc) is 2.43. The molecule has 21 heavy (non-hydrogen) atoms. The highest BCUT2D eigenvalue weighted by Gasteiger charge is 2.39. The van der Waals surface area contributed by atoms with Gasteiger partial charge < -0.3 is 15.2 Å². The number of rotatable bonds is 7. The van der Waals surface area contributed by atoms with Crippen molar-refractivity contribution >= 4 is 11.6 Å². The number of nitrogens with zero attached hydrogens (tertiary/aromatic N) is 1. The van der Waals surface area contributed by atoms with Crippen LogP contribution in [0.15, 0.2) is 24.3 Å². The van der Waals surface area contributed by atoms with E-state index in [0.717, 1.165) is 12.8 Å². The molecule has 0 spiro atoms. The highest BCUT2D eigenvalue weighted by molar-refractivity contribution is 5.92. The van der Waals surface area contributed by atoms with Gasteiger partial charge >= 0.3 is 0 Å². The summed E-state index contributed by atoms with van der Waals surface area (Å²) in [4.78, 5) is 14.1. The van der Waals surface area contributed by atoms with E-state index in [-0.39, 0.29) is 5.91 Å². The van der Waals surface area contributed by atoms with Crippen LogP contribution in [-0.2, 0) is 4.79 Å². The Morgan fingerprint density at radius 3 is 2.81 bits per heavy atom. The summed E-state index contributed by atoms with van der Waals surface area (Å²) in [5, 5.41) is 12.9. The summed E-state index contributed by atoms with van der Waals surface area (Å²) >= 11 is 0. The van der Waals surface area contributed by atoms with Gasteiger partial charge in [-0.1, -0.05) is 25.5 Å². The van der Waals surface area contributed by atoms with Crippen LogP contribution in [0.5, 0.6) is 5.75 Å². The Balaban J connectivity index is 1.74. The zero-order valence-electron chi connectivity index (χ0n) is 12.8. The van der Waals surface area contributed by atoms with Crippen molar-refractivity contribution in [3.8, 4) is 5.75 Å². The molecule has 1 aromatic rings. The first-order chi connectivity index (χ1) is 10.1. The minimum absolute atomic E-state index is 0.0366. The summed E-state index contributed by atoms with van der Waals surface area (Å²) in [5.74, 6) is 0.623. The Hall–Kier alpha value is -1.59. The van der Waals surface area contributed by atoms with Gasteiger partial charge in [-0.3, -0.25) is 9.69 Å². The third-order valence-electron chi connectivity index (χ3n) is 3.79. The van der Waals surface area contributed by atoms with Crippen molar-refractivity contribution in [1.82, 2.24) is 4.90 Å². The fraction of sp³-hybridized carbons (Fsp3) is 0.562. The summed E-state index contributed by atoms with van der Waals surface area (Å²) in [5.41, 5.74) is 0.157. The van der Waals surface area contributed by atoms with Crippen molar-refractivity contribution in [1.29, 1.82) is 0 Å². The number of benzene rings is 1. The molecule has 2 N–H and O–H groups in total. The topological polar surface area (TPSA) is 61.8 Å². The summed E-state index contributed by atoms with van der Waals surface area (Å²) in [7, 11) is 1.58. The summed E-state index contributed by atoms with van der Waals surface area (Å²) in [6.07, 6.45) is 2.23. The number of amides is 1. The fourth-order valence-corrected chi connectivity index (χ4v) is 2.79. The van der Waals surface area contributed by atoms with Gasteiger partial charge in [-0.2, -0.15) is 0 Å². The second-order valence-corrected chi connectivity index (χ2v) is 5.68. The van der Waals surface area contributed by atoms with Crippen molar-refractivity contribution in [3.05, 3.63) is 24.3 Å². The molecule has 0 bridgehead atoms. The molecule has 1 amide bonds. The third kappa shape index (κ3) is 4.19. The Bertz CT molecular complexity index is 484. The zero-order valence-corrected chi connectivity index (χ0v) is 12.8. The Labute approximate surface area is 125 Å². The van der Waals surface area contributed by atoms with E-state index in [1.54, 1.807) is 7.11 Å². The van der Waals surface area contributed by atoms with Crippen molar-refractivity contribution in [2.45, 2.75) is 31.8 Å².